The van der Waals surface area contributed by atoms with Gasteiger partial charge in [-0.25, -0.2) is 0 Å². The first kappa shape index (κ1) is 12.3. The molecular formula is C17H16O. The van der Waals surface area contributed by atoms with Gasteiger partial charge in [-0.3, -0.25) is 4.79 Å². The second kappa shape index (κ2) is 5.46. The van der Waals surface area contributed by atoms with E-state index in [4.69, 9.17) is 0 Å². The van der Waals surface area contributed by atoms with Gasteiger partial charge >= 0.3 is 0 Å². The van der Waals surface area contributed by atoms with Crippen molar-refractivity contribution in [1.82, 2.24) is 0 Å². The molecule has 18 heavy (non-hydrogen) atoms. The Balaban J connectivity index is 2.17. The van der Waals surface area contributed by atoms with Gasteiger partial charge in [-0.15, -0.1) is 0 Å². The fourth-order valence-corrected chi connectivity index (χ4v) is 1.79. The van der Waals surface area contributed by atoms with Gasteiger partial charge in [-0.05, 0) is 31.1 Å². The lowest BCUT2D eigenvalue weighted by Gasteiger charge is -2.00. The average molecular weight is 236 g/mol. The normalized spacial score (nSPS) is 10.8. The van der Waals surface area contributed by atoms with Crippen molar-refractivity contribution in [1.29, 1.82) is 0 Å². The van der Waals surface area contributed by atoms with Crippen LogP contribution < -0.4 is 0 Å². The number of allylic oxidation sites excluding steroid dienone is 1. The molecule has 0 unspecified atom stereocenters. The van der Waals surface area contributed by atoms with Crippen LogP contribution in [0.15, 0.2) is 54.6 Å². The monoisotopic (exact) mass is 236 g/mol. The van der Waals surface area contributed by atoms with Crippen molar-refractivity contribution in [2.75, 3.05) is 0 Å². The smallest absolute Gasteiger partial charge is 0.186 e. The van der Waals surface area contributed by atoms with Gasteiger partial charge in [0.2, 0.25) is 0 Å². The molecule has 2 aromatic rings. The van der Waals surface area contributed by atoms with Crippen LogP contribution in [0.4, 0.5) is 0 Å². The second-order valence-corrected chi connectivity index (χ2v) is 4.42. The molecule has 0 saturated heterocycles. The van der Waals surface area contributed by atoms with Gasteiger partial charge in [0, 0.05) is 5.56 Å². The van der Waals surface area contributed by atoms with Crippen molar-refractivity contribution in [2.45, 2.75) is 13.8 Å². The fraction of sp³-hybridized carbons (Fsp3) is 0.118. The molecule has 2 rings (SSSR count). The fourth-order valence-electron chi connectivity index (χ4n) is 1.79. The molecule has 0 saturated carbocycles. The predicted octanol–water partition coefficient (Wildman–Crippen LogP) is 4.20. The number of carbonyl (C=O) groups excluding carboxylic acids is 1. The minimum atomic E-state index is 0.0497. The summed E-state index contributed by atoms with van der Waals surface area (Å²) >= 11 is 0. The molecule has 0 atom stereocenters. The topological polar surface area (TPSA) is 17.1 Å². The SMILES string of the molecule is Cc1ccc(/C=C/C(=O)c2ccccc2C)cc1. The summed E-state index contributed by atoms with van der Waals surface area (Å²) in [5.41, 5.74) is 4.04. The zero-order valence-electron chi connectivity index (χ0n) is 10.7. The lowest BCUT2D eigenvalue weighted by molar-refractivity contribution is 0.104. The van der Waals surface area contributed by atoms with Gasteiger partial charge in [0.25, 0.3) is 0 Å². The Morgan fingerprint density at radius 2 is 1.61 bits per heavy atom. The van der Waals surface area contributed by atoms with Crippen molar-refractivity contribution in [3.05, 3.63) is 76.9 Å². The van der Waals surface area contributed by atoms with Crippen molar-refractivity contribution in [2.24, 2.45) is 0 Å². The van der Waals surface area contributed by atoms with Crippen LogP contribution in [0, 0.1) is 13.8 Å². The Hall–Kier alpha value is -2.15. The van der Waals surface area contributed by atoms with E-state index in [-0.39, 0.29) is 5.78 Å². The highest BCUT2D eigenvalue weighted by Crippen LogP contribution is 2.10. The molecular weight excluding hydrogens is 220 g/mol. The maximum absolute atomic E-state index is 12.0. The molecule has 0 aliphatic heterocycles. The van der Waals surface area contributed by atoms with Gasteiger partial charge in [-0.2, -0.15) is 0 Å². The zero-order valence-corrected chi connectivity index (χ0v) is 10.7. The molecule has 90 valence electrons. The summed E-state index contributed by atoms with van der Waals surface area (Å²) in [6.45, 7) is 4.00. The Bertz CT molecular complexity index is 577. The van der Waals surface area contributed by atoms with E-state index < -0.39 is 0 Å². The molecule has 0 heterocycles. The van der Waals surface area contributed by atoms with E-state index in [0.717, 1.165) is 16.7 Å². The Kier molecular flexibility index (Phi) is 3.73. The van der Waals surface area contributed by atoms with E-state index in [1.165, 1.54) is 5.56 Å². The number of carbonyl (C=O) groups is 1. The molecule has 1 nitrogen and oxygen atoms in total. The lowest BCUT2D eigenvalue weighted by Crippen LogP contribution is -1.96. The molecule has 0 N–H and O–H groups in total. The predicted molar refractivity (Wildman–Crippen MR) is 75.7 cm³/mol. The number of benzene rings is 2. The minimum Gasteiger partial charge on any atom is -0.289 e. The first-order chi connectivity index (χ1) is 8.66. The molecule has 1 heteroatoms. The number of rotatable bonds is 3. The number of hydrogen-bond donors (Lipinski definition) is 0. The molecule has 0 spiro atoms. The third-order valence-corrected chi connectivity index (χ3v) is 2.92. The minimum absolute atomic E-state index is 0.0497. The zero-order chi connectivity index (χ0) is 13.0. The van der Waals surface area contributed by atoms with E-state index in [1.54, 1.807) is 6.08 Å². The van der Waals surface area contributed by atoms with Gasteiger partial charge < -0.3 is 0 Å². The highest BCUT2D eigenvalue weighted by molar-refractivity contribution is 6.07. The van der Waals surface area contributed by atoms with E-state index >= 15 is 0 Å². The van der Waals surface area contributed by atoms with Crippen molar-refractivity contribution >= 4 is 11.9 Å². The van der Waals surface area contributed by atoms with Crippen molar-refractivity contribution < 1.29 is 4.79 Å². The molecule has 0 bridgehead atoms. The van der Waals surface area contributed by atoms with E-state index in [2.05, 4.69) is 0 Å². The first-order valence-electron chi connectivity index (χ1n) is 6.01. The maximum Gasteiger partial charge on any atom is 0.186 e. The number of aryl methyl sites for hydroxylation is 2. The van der Waals surface area contributed by atoms with Crippen LogP contribution in [0.1, 0.15) is 27.0 Å². The summed E-state index contributed by atoms with van der Waals surface area (Å²) in [6, 6.07) is 15.7. The molecule has 0 aliphatic rings. The average Bonchev–Trinajstić information content (AvgIpc) is 2.38. The molecule has 0 radical (unpaired) electrons. The Morgan fingerprint density at radius 1 is 0.944 bits per heavy atom. The molecule has 0 amide bonds. The summed E-state index contributed by atoms with van der Waals surface area (Å²) in [5, 5.41) is 0. The number of ketones is 1. The van der Waals surface area contributed by atoms with Crippen LogP contribution >= 0.6 is 0 Å². The highest BCUT2D eigenvalue weighted by Gasteiger charge is 2.03. The third kappa shape index (κ3) is 2.95. The lowest BCUT2D eigenvalue weighted by atomic mass is 10.0. The van der Waals surface area contributed by atoms with Crippen LogP contribution in [0.25, 0.3) is 6.08 Å². The number of hydrogen-bond acceptors (Lipinski definition) is 1. The Morgan fingerprint density at radius 3 is 2.28 bits per heavy atom. The molecule has 0 fully saturated rings. The van der Waals surface area contributed by atoms with Crippen LogP contribution in [0.2, 0.25) is 0 Å². The van der Waals surface area contributed by atoms with Crippen molar-refractivity contribution in [3.63, 3.8) is 0 Å². The summed E-state index contributed by atoms with van der Waals surface area (Å²) in [7, 11) is 0. The summed E-state index contributed by atoms with van der Waals surface area (Å²) in [6.07, 6.45) is 3.49. The second-order valence-electron chi connectivity index (χ2n) is 4.42. The largest absolute Gasteiger partial charge is 0.289 e. The van der Waals surface area contributed by atoms with Crippen LogP contribution in [0.5, 0.6) is 0 Å². The van der Waals surface area contributed by atoms with E-state index in [9.17, 15) is 4.79 Å². The highest BCUT2D eigenvalue weighted by atomic mass is 16.1. The van der Waals surface area contributed by atoms with Crippen molar-refractivity contribution in [3.8, 4) is 0 Å². The molecule has 0 aromatic heterocycles. The summed E-state index contributed by atoms with van der Waals surface area (Å²) in [5.74, 6) is 0.0497. The third-order valence-electron chi connectivity index (χ3n) is 2.92. The van der Waals surface area contributed by atoms with Gasteiger partial charge in [0.15, 0.2) is 5.78 Å². The van der Waals surface area contributed by atoms with E-state index in [1.807, 2.05) is 68.5 Å². The van der Waals surface area contributed by atoms with Gasteiger partial charge in [0.05, 0.1) is 0 Å². The summed E-state index contributed by atoms with van der Waals surface area (Å²) in [4.78, 5) is 12.0. The molecule has 2 aromatic carbocycles. The van der Waals surface area contributed by atoms with Gasteiger partial charge in [0.1, 0.15) is 0 Å². The van der Waals surface area contributed by atoms with Crippen LogP contribution in [-0.2, 0) is 0 Å². The van der Waals surface area contributed by atoms with Crippen LogP contribution in [0.3, 0.4) is 0 Å². The first-order valence-corrected chi connectivity index (χ1v) is 6.01. The molecule has 0 aliphatic carbocycles. The standard InChI is InChI=1S/C17H16O/c1-13-7-9-15(10-8-13)11-12-17(18)16-6-4-3-5-14(16)2/h3-12H,1-2H3/b12-11+. The Labute approximate surface area is 108 Å². The quantitative estimate of drug-likeness (QED) is 0.576. The van der Waals surface area contributed by atoms with E-state index in [0.29, 0.717) is 0 Å². The maximum atomic E-state index is 12.0. The summed E-state index contributed by atoms with van der Waals surface area (Å²) < 4.78 is 0. The van der Waals surface area contributed by atoms with Crippen LogP contribution in [-0.4, -0.2) is 5.78 Å². The van der Waals surface area contributed by atoms with Gasteiger partial charge in [-0.1, -0.05) is 60.2 Å².